The second kappa shape index (κ2) is 10.2. The zero-order chi connectivity index (χ0) is 23.4. The third-order valence-electron chi connectivity index (χ3n) is 4.78. The Hall–Kier alpha value is -3.07. The summed E-state index contributed by atoms with van der Waals surface area (Å²) in [6.07, 6.45) is 0. The second-order valence-electron chi connectivity index (χ2n) is 7.11. The molecule has 2 N–H and O–H groups in total. The van der Waals surface area contributed by atoms with Gasteiger partial charge in [0.2, 0.25) is 5.91 Å². The summed E-state index contributed by atoms with van der Waals surface area (Å²) in [7, 11) is 1.53. The van der Waals surface area contributed by atoms with Crippen LogP contribution in [0.2, 0.25) is 5.02 Å². The maximum absolute atomic E-state index is 12.6. The van der Waals surface area contributed by atoms with E-state index in [2.05, 4.69) is 15.6 Å². The number of carbonyl (C=O) groups excluding carboxylic acids is 2. The summed E-state index contributed by atoms with van der Waals surface area (Å²) in [4.78, 5) is 29.6. The first-order valence-corrected chi connectivity index (χ1v) is 12.1. The average Bonchev–Trinajstić information content (AvgIpc) is 3.22. The van der Waals surface area contributed by atoms with E-state index in [0.717, 1.165) is 20.1 Å². The Bertz CT molecular complexity index is 1340. The minimum absolute atomic E-state index is 0.130. The number of anilines is 2. The fourth-order valence-corrected chi connectivity index (χ4v) is 5.20. The molecule has 0 saturated carbocycles. The number of thiazole rings is 1. The fourth-order valence-electron chi connectivity index (χ4n) is 3.12. The van der Waals surface area contributed by atoms with Gasteiger partial charge in [0.1, 0.15) is 5.75 Å². The molecule has 0 fully saturated rings. The Balaban J connectivity index is 1.41. The molecule has 0 bridgehead atoms. The van der Waals surface area contributed by atoms with E-state index in [-0.39, 0.29) is 17.6 Å². The number of nitrogens with one attached hydrogen (secondary N) is 2. The van der Waals surface area contributed by atoms with Crippen LogP contribution in [0.15, 0.2) is 65.0 Å². The number of fused-ring (bicyclic) bond motifs is 1. The van der Waals surface area contributed by atoms with Gasteiger partial charge >= 0.3 is 0 Å². The number of hydrogen-bond acceptors (Lipinski definition) is 6. The first-order chi connectivity index (χ1) is 15.9. The van der Waals surface area contributed by atoms with Crippen molar-refractivity contribution in [2.75, 3.05) is 23.5 Å². The summed E-state index contributed by atoms with van der Waals surface area (Å²) in [5.41, 5.74) is 3.58. The smallest absolute Gasteiger partial charge is 0.259 e. The summed E-state index contributed by atoms with van der Waals surface area (Å²) in [6, 6.07) is 18.0. The van der Waals surface area contributed by atoms with Crippen molar-refractivity contribution in [1.82, 2.24) is 4.98 Å². The summed E-state index contributed by atoms with van der Waals surface area (Å²) < 4.78 is 6.96. The van der Waals surface area contributed by atoms with E-state index in [4.69, 9.17) is 16.3 Å². The van der Waals surface area contributed by atoms with Gasteiger partial charge in [-0.15, -0.1) is 11.3 Å². The molecule has 0 spiro atoms. The van der Waals surface area contributed by atoms with Crippen molar-refractivity contribution < 1.29 is 14.3 Å². The van der Waals surface area contributed by atoms with Gasteiger partial charge in [-0.3, -0.25) is 9.59 Å². The number of thioether (sulfide) groups is 1. The highest BCUT2D eigenvalue weighted by atomic mass is 35.5. The van der Waals surface area contributed by atoms with Crippen molar-refractivity contribution in [3.05, 3.63) is 76.8 Å². The number of carbonyl (C=O) groups is 2. The van der Waals surface area contributed by atoms with Crippen molar-refractivity contribution in [3.63, 3.8) is 0 Å². The highest BCUT2D eigenvalue weighted by molar-refractivity contribution is 8.01. The Labute approximate surface area is 204 Å². The summed E-state index contributed by atoms with van der Waals surface area (Å²) in [6.45, 7) is 1.91. The molecular weight excluding hydrogens is 478 g/mol. The minimum atomic E-state index is -0.251. The van der Waals surface area contributed by atoms with Gasteiger partial charge in [-0.05, 0) is 55.0 Å². The van der Waals surface area contributed by atoms with Gasteiger partial charge in [-0.25, -0.2) is 4.98 Å². The van der Waals surface area contributed by atoms with Gasteiger partial charge in [0, 0.05) is 16.4 Å². The lowest BCUT2D eigenvalue weighted by atomic mass is 10.2. The van der Waals surface area contributed by atoms with Gasteiger partial charge in [-0.2, -0.15) is 0 Å². The van der Waals surface area contributed by atoms with Crippen LogP contribution in [0, 0.1) is 6.92 Å². The van der Waals surface area contributed by atoms with Crippen LogP contribution in [-0.4, -0.2) is 29.7 Å². The predicted molar refractivity (Wildman–Crippen MR) is 136 cm³/mol. The topological polar surface area (TPSA) is 80.3 Å². The molecule has 1 heterocycles. The van der Waals surface area contributed by atoms with Gasteiger partial charge in [0.25, 0.3) is 5.91 Å². The number of halogens is 1. The number of para-hydroxylation sites is 1. The third kappa shape index (κ3) is 5.65. The van der Waals surface area contributed by atoms with Crippen molar-refractivity contribution in [3.8, 4) is 5.75 Å². The quantitative estimate of drug-likeness (QED) is 0.295. The van der Waals surface area contributed by atoms with E-state index >= 15 is 0 Å². The molecule has 0 unspecified atom stereocenters. The van der Waals surface area contributed by atoms with E-state index in [1.807, 2.05) is 31.2 Å². The van der Waals surface area contributed by atoms with E-state index in [9.17, 15) is 9.59 Å². The summed E-state index contributed by atoms with van der Waals surface area (Å²) in [5.74, 6) is 0.357. The molecule has 6 nitrogen and oxygen atoms in total. The SMILES string of the molecule is COc1ccccc1C(=O)Nc1ccc2nc(SCC(=O)Nc3cc(Cl)ccc3C)sc2c1. The Morgan fingerprint density at radius 3 is 2.73 bits per heavy atom. The number of hydrogen-bond donors (Lipinski definition) is 2. The van der Waals surface area contributed by atoms with Crippen LogP contribution in [0.1, 0.15) is 15.9 Å². The number of aromatic nitrogens is 1. The van der Waals surface area contributed by atoms with Gasteiger partial charge in [0.15, 0.2) is 4.34 Å². The predicted octanol–water partition coefficient (Wildman–Crippen LogP) is 6.25. The van der Waals surface area contributed by atoms with E-state index in [1.165, 1.54) is 30.2 Å². The number of methoxy groups -OCH3 is 1. The van der Waals surface area contributed by atoms with E-state index in [0.29, 0.717) is 27.7 Å². The zero-order valence-electron chi connectivity index (χ0n) is 17.8. The maximum Gasteiger partial charge on any atom is 0.259 e. The molecule has 4 aromatic rings. The van der Waals surface area contributed by atoms with Gasteiger partial charge < -0.3 is 15.4 Å². The molecule has 0 aliphatic carbocycles. The lowest BCUT2D eigenvalue weighted by Crippen LogP contribution is -2.14. The van der Waals surface area contributed by atoms with Crippen LogP contribution in [0.4, 0.5) is 11.4 Å². The molecular formula is C24H20ClN3O3S2. The molecule has 1 aromatic heterocycles. The van der Waals surface area contributed by atoms with Crippen LogP contribution in [0.25, 0.3) is 10.2 Å². The lowest BCUT2D eigenvalue weighted by molar-refractivity contribution is -0.113. The summed E-state index contributed by atoms with van der Waals surface area (Å²) in [5, 5.41) is 6.36. The van der Waals surface area contributed by atoms with Crippen LogP contribution >= 0.6 is 34.7 Å². The molecule has 4 rings (SSSR count). The summed E-state index contributed by atoms with van der Waals surface area (Å²) >= 11 is 8.85. The maximum atomic E-state index is 12.6. The normalized spacial score (nSPS) is 10.8. The number of benzene rings is 3. The number of ether oxygens (including phenoxy) is 1. The van der Waals surface area contributed by atoms with E-state index < -0.39 is 0 Å². The van der Waals surface area contributed by atoms with Crippen molar-refractivity contribution in [2.45, 2.75) is 11.3 Å². The van der Waals surface area contributed by atoms with Crippen molar-refractivity contribution in [1.29, 1.82) is 0 Å². The Kier molecular flexibility index (Phi) is 7.17. The average molecular weight is 498 g/mol. The van der Waals surface area contributed by atoms with Crippen molar-refractivity contribution in [2.24, 2.45) is 0 Å². The lowest BCUT2D eigenvalue weighted by Gasteiger charge is -2.09. The highest BCUT2D eigenvalue weighted by Gasteiger charge is 2.13. The van der Waals surface area contributed by atoms with E-state index in [1.54, 1.807) is 36.4 Å². The standard InChI is InChI=1S/C24H20ClN3O3S2/c1-14-7-8-15(25)11-19(14)27-22(29)13-32-24-28-18-10-9-16(12-21(18)33-24)26-23(30)17-5-3-4-6-20(17)31-2/h3-12H,13H2,1-2H3,(H,26,30)(H,27,29). The Morgan fingerprint density at radius 1 is 1.09 bits per heavy atom. The molecule has 0 aliphatic heterocycles. The number of amides is 2. The van der Waals surface area contributed by atoms with Crippen LogP contribution < -0.4 is 15.4 Å². The van der Waals surface area contributed by atoms with Gasteiger partial charge in [0.05, 0.1) is 28.6 Å². The van der Waals surface area contributed by atoms with Crippen LogP contribution in [-0.2, 0) is 4.79 Å². The number of rotatable bonds is 7. The fraction of sp³-hybridized carbons (Fsp3) is 0.125. The second-order valence-corrected chi connectivity index (χ2v) is 9.80. The van der Waals surface area contributed by atoms with Crippen molar-refractivity contribution >= 4 is 68.1 Å². The number of nitrogens with zero attached hydrogens (tertiary/aromatic N) is 1. The molecule has 9 heteroatoms. The largest absolute Gasteiger partial charge is 0.496 e. The molecule has 0 atom stereocenters. The van der Waals surface area contributed by atoms with Gasteiger partial charge in [-0.1, -0.05) is 41.6 Å². The molecule has 0 radical (unpaired) electrons. The minimum Gasteiger partial charge on any atom is -0.496 e. The molecule has 2 amide bonds. The first kappa shape index (κ1) is 23.1. The molecule has 0 saturated heterocycles. The highest BCUT2D eigenvalue weighted by Crippen LogP contribution is 2.32. The Morgan fingerprint density at radius 2 is 1.91 bits per heavy atom. The molecule has 3 aromatic carbocycles. The van der Waals surface area contributed by atoms with Crippen LogP contribution in [0.5, 0.6) is 5.75 Å². The molecule has 0 aliphatic rings. The monoisotopic (exact) mass is 497 g/mol. The molecule has 33 heavy (non-hydrogen) atoms. The third-order valence-corrected chi connectivity index (χ3v) is 7.17. The first-order valence-electron chi connectivity index (χ1n) is 9.96. The molecule has 168 valence electrons. The van der Waals surface area contributed by atoms with Crippen LogP contribution in [0.3, 0.4) is 0 Å². The number of aryl methyl sites for hydroxylation is 1. The zero-order valence-corrected chi connectivity index (χ0v) is 20.2.